The van der Waals surface area contributed by atoms with Crippen molar-refractivity contribution in [1.29, 1.82) is 0 Å². The van der Waals surface area contributed by atoms with Gasteiger partial charge >= 0.3 is 0 Å². The third-order valence-corrected chi connectivity index (χ3v) is 4.85. The summed E-state index contributed by atoms with van der Waals surface area (Å²) >= 11 is 1.39. The largest absolute Gasteiger partial charge is 0.497 e. The molecule has 0 aliphatic carbocycles. The molecule has 0 atom stereocenters. The van der Waals surface area contributed by atoms with E-state index in [1.165, 1.54) is 23.5 Å². The lowest BCUT2D eigenvalue weighted by atomic mass is 10.1. The quantitative estimate of drug-likeness (QED) is 0.396. The predicted molar refractivity (Wildman–Crippen MR) is 96.5 cm³/mol. The van der Waals surface area contributed by atoms with Crippen molar-refractivity contribution in [3.63, 3.8) is 0 Å². The molecule has 0 spiro atoms. The second-order valence-electron chi connectivity index (χ2n) is 5.55. The Balaban J connectivity index is 1.62. The van der Waals surface area contributed by atoms with Gasteiger partial charge in [0.05, 0.1) is 12.0 Å². The fourth-order valence-corrected chi connectivity index (χ4v) is 3.40. The van der Waals surface area contributed by atoms with Gasteiger partial charge in [0.25, 0.3) is 5.69 Å². The van der Waals surface area contributed by atoms with Crippen LogP contribution in [0.4, 0.5) is 5.69 Å². The van der Waals surface area contributed by atoms with Gasteiger partial charge in [0, 0.05) is 24.1 Å². The Morgan fingerprint density at radius 1 is 1.12 bits per heavy atom. The van der Waals surface area contributed by atoms with E-state index in [4.69, 9.17) is 4.74 Å². The SMILES string of the molecule is COc1ccc(Cc2nnc3sc(-c4ccc([N+](=O)[O-])cc4)nn23)cc1. The number of benzene rings is 2. The molecule has 0 radical (unpaired) electrons. The van der Waals surface area contributed by atoms with Crippen molar-refractivity contribution in [3.8, 4) is 16.3 Å². The summed E-state index contributed by atoms with van der Waals surface area (Å²) in [6.45, 7) is 0. The highest BCUT2D eigenvalue weighted by Gasteiger charge is 2.14. The molecule has 9 heteroatoms. The van der Waals surface area contributed by atoms with Crippen LogP contribution < -0.4 is 4.74 Å². The van der Waals surface area contributed by atoms with Crippen molar-refractivity contribution in [2.75, 3.05) is 7.11 Å². The molecule has 2 heterocycles. The third kappa shape index (κ3) is 3.00. The fourth-order valence-electron chi connectivity index (χ4n) is 2.54. The molecule has 0 saturated carbocycles. The van der Waals surface area contributed by atoms with Crippen LogP contribution in [0.1, 0.15) is 11.4 Å². The van der Waals surface area contributed by atoms with Gasteiger partial charge in [-0.15, -0.1) is 10.2 Å². The Hall–Kier alpha value is -3.33. The molecule has 0 unspecified atom stereocenters. The summed E-state index contributed by atoms with van der Waals surface area (Å²) in [5.74, 6) is 1.53. The average molecular weight is 367 g/mol. The number of rotatable bonds is 5. The van der Waals surface area contributed by atoms with Crippen molar-refractivity contribution in [1.82, 2.24) is 19.8 Å². The smallest absolute Gasteiger partial charge is 0.269 e. The van der Waals surface area contributed by atoms with Crippen LogP contribution in [0.25, 0.3) is 15.5 Å². The Morgan fingerprint density at radius 3 is 2.50 bits per heavy atom. The van der Waals surface area contributed by atoms with Crippen LogP contribution in [-0.2, 0) is 6.42 Å². The van der Waals surface area contributed by atoms with E-state index in [-0.39, 0.29) is 5.69 Å². The predicted octanol–water partition coefficient (Wildman–Crippen LogP) is 3.36. The summed E-state index contributed by atoms with van der Waals surface area (Å²) in [5, 5.41) is 24.5. The number of nitro groups is 1. The van der Waals surface area contributed by atoms with E-state index >= 15 is 0 Å². The Kier molecular flexibility index (Phi) is 4.05. The summed E-state index contributed by atoms with van der Waals surface area (Å²) in [6.07, 6.45) is 0.592. The van der Waals surface area contributed by atoms with Gasteiger partial charge in [-0.2, -0.15) is 9.61 Å². The highest BCUT2D eigenvalue weighted by atomic mass is 32.1. The van der Waals surface area contributed by atoms with Gasteiger partial charge in [-0.1, -0.05) is 23.5 Å². The molecule has 26 heavy (non-hydrogen) atoms. The molecule has 130 valence electrons. The molecule has 2 aromatic heterocycles. The number of nitro benzene ring substituents is 1. The van der Waals surface area contributed by atoms with Gasteiger partial charge in [0.1, 0.15) is 10.8 Å². The molecule has 0 aliphatic rings. The number of non-ortho nitro benzene ring substituents is 1. The molecule has 0 fully saturated rings. The van der Waals surface area contributed by atoms with E-state index in [2.05, 4.69) is 15.3 Å². The second-order valence-corrected chi connectivity index (χ2v) is 6.50. The number of nitrogens with zero attached hydrogens (tertiary/aromatic N) is 5. The van der Waals surface area contributed by atoms with E-state index < -0.39 is 4.92 Å². The molecule has 4 aromatic rings. The first-order valence-corrected chi connectivity index (χ1v) is 8.54. The van der Waals surface area contributed by atoms with Crippen LogP contribution in [-0.4, -0.2) is 31.8 Å². The topological polar surface area (TPSA) is 95.5 Å². The minimum Gasteiger partial charge on any atom is -0.497 e. The van der Waals surface area contributed by atoms with Crippen molar-refractivity contribution < 1.29 is 9.66 Å². The van der Waals surface area contributed by atoms with Gasteiger partial charge in [0.15, 0.2) is 5.82 Å². The lowest BCUT2D eigenvalue weighted by Gasteiger charge is -2.01. The highest BCUT2D eigenvalue weighted by molar-refractivity contribution is 7.19. The van der Waals surface area contributed by atoms with Crippen LogP contribution in [0.2, 0.25) is 0 Å². The van der Waals surface area contributed by atoms with Crippen LogP contribution in [0.3, 0.4) is 0 Å². The van der Waals surface area contributed by atoms with Crippen molar-refractivity contribution in [2.45, 2.75) is 6.42 Å². The summed E-state index contributed by atoms with van der Waals surface area (Å²) in [6, 6.07) is 14.1. The lowest BCUT2D eigenvalue weighted by Crippen LogP contribution is -1.98. The summed E-state index contributed by atoms with van der Waals surface area (Å²) in [5.41, 5.74) is 1.93. The number of fused-ring (bicyclic) bond motifs is 1. The number of methoxy groups -OCH3 is 1. The monoisotopic (exact) mass is 367 g/mol. The Bertz CT molecular complexity index is 1070. The fraction of sp³-hybridized carbons (Fsp3) is 0.118. The van der Waals surface area contributed by atoms with E-state index in [0.717, 1.165) is 27.7 Å². The number of hydrogen-bond donors (Lipinski definition) is 0. The Labute approximate surface area is 151 Å². The summed E-state index contributed by atoms with van der Waals surface area (Å²) < 4.78 is 6.88. The van der Waals surface area contributed by atoms with Crippen LogP contribution in [0.15, 0.2) is 48.5 Å². The second kappa shape index (κ2) is 6.52. The maximum absolute atomic E-state index is 10.8. The van der Waals surface area contributed by atoms with E-state index in [0.29, 0.717) is 11.4 Å². The molecule has 8 nitrogen and oxygen atoms in total. The summed E-state index contributed by atoms with van der Waals surface area (Å²) in [7, 11) is 1.63. The molecular weight excluding hydrogens is 354 g/mol. The van der Waals surface area contributed by atoms with E-state index in [1.807, 2.05) is 24.3 Å². The zero-order valence-corrected chi connectivity index (χ0v) is 14.5. The third-order valence-electron chi connectivity index (χ3n) is 3.90. The van der Waals surface area contributed by atoms with Crippen molar-refractivity contribution >= 4 is 22.0 Å². The lowest BCUT2D eigenvalue weighted by molar-refractivity contribution is -0.384. The minimum absolute atomic E-state index is 0.0527. The van der Waals surface area contributed by atoms with E-state index in [1.54, 1.807) is 23.8 Å². The zero-order valence-electron chi connectivity index (χ0n) is 13.7. The van der Waals surface area contributed by atoms with Crippen LogP contribution >= 0.6 is 11.3 Å². The van der Waals surface area contributed by atoms with Gasteiger partial charge in [0.2, 0.25) is 4.96 Å². The molecule has 4 rings (SSSR count). The molecule has 0 aliphatic heterocycles. The molecular formula is C17H13N5O3S. The summed E-state index contributed by atoms with van der Waals surface area (Å²) in [4.78, 5) is 11.0. The van der Waals surface area contributed by atoms with E-state index in [9.17, 15) is 10.1 Å². The minimum atomic E-state index is -0.421. The first-order chi connectivity index (χ1) is 12.6. The standard InChI is InChI=1S/C17H13N5O3S/c1-25-14-8-2-11(3-9-14)10-15-18-19-17-21(15)20-16(26-17)12-4-6-13(7-5-12)22(23)24/h2-9H,10H2,1H3. The molecule has 2 aromatic carbocycles. The Morgan fingerprint density at radius 2 is 1.85 bits per heavy atom. The maximum Gasteiger partial charge on any atom is 0.269 e. The average Bonchev–Trinajstić information content (AvgIpc) is 3.24. The molecule has 0 N–H and O–H groups in total. The van der Waals surface area contributed by atoms with Crippen molar-refractivity contribution in [2.24, 2.45) is 0 Å². The van der Waals surface area contributed by atoms with Crippen LogP contribution in [0, 0.1) is 10.1 Å². The normalized spacial score (nSPS) is 11.0. The van der Waals surface area contributed by atoms with Gasteiger partial charge in [-0.25, -0.2) is 0 Å². The molecule has 0 bridgehead atoms. The number of ether oxygens (including phenoxy) is 1. The van der Waals surface area contributed by atoms with Crippen LogP contribution in [0.5, 0.6) is 5.75 Å². The highest BCUT2D eigenvalue weighted by Crippen LogP contribution is 2.27. The first kappa shape index (κ1) is 16.2. The zero-order chi connectivity index (χ0) is 18.1. The first-order valence-electron chi connectivity index (χ1n) is 7.73. The molecule has 0 amide bonds. The number of aromatic nitrogens is 4. The molecule has 0 saturated heterocycles. The number of hydrogen-bond acceptors (Lipinski definition) is 7. The van der Waals surface area contributed by atoms with Gasteiger partial charge < -0.3 is 4.74 Å². The van der Waals surface area contributed by atoms with Crippen molar-refractivity contribution in [3.05, 3.63) is 70.0 Å². The maximum atomic E-state index is 10.8. The van der Waals surface area contributed by atoms with Gasteiger partial charge in [-0.05, 0) is 29.8 Å². The van der Waals surface area contributed by atoms with Gasteiger partial charge in [-0.3, -0.25) is 10.1 Å².